The van der Waals surface area contributed by atoms with Gasteiger partial charge in [0.25, 0.3) is 0 Å². The summed E-state index contributed by atoms with van der Waals surface area (Å²) in [6.45, 7) is 5.57. The van der Waals surface area contributed by atoms with Crippen LogP contribution < -0.4 is 0 Å². The summed E-state index contributed by atoms with van der Waals surface area (Å²) in [5.41, 5.74) is 0.904. The summed E-state index contributed by atoms with van der Waals surface area (Å²) < 4.78 is 27.4. The third-order valence-electron chi connectivity index (χ3n) is 6.36. The Morgan fingerprint density at radius 1 is 1.06 bits per heavy atom. The molecule has 0 radical (unpaired) electrons. The van der Waals surface area contributed by atoms with Gasteiger partial charge in [0.15, 0.2) is 5.78 Å². The fourth-order valence-corrected chi connectivity index (χ4v) is 5.18. The van der Waals surface area contributed by atoms with Crippen LogP contribution in [0.1, 0.15) is 46.7 Å². The van der Waals surface area contributed by atoms with E-state index in [9.17, 15) is 18.4 Å². The van der Waals surface area contributed by atoms with E-state index >= 15 is 0 Å². The van der Waals surface area contributed by atoms with E-state index in [2.05, 4.69) is 15.3 Å². The zero-order valence-electron chi connectivity index (χ0n) is 17.7. The Hall–Kier alpha value is -2.19. The van der Waals surface area contributed by atoms with Crippen LogP contribution in [0.3, 0.4) is 0 Å². The molecular weight excluding hydrogens is 420 g/mol. The summed E-state index contributed by atoms with van der Waals surface area (Å²) in [5.74, 6) is -1.87. The standard InChI is InChI=1S/C23H27F2N3O2S/c1-15-26-19(14-31-15)13-27-8-4-17(5-9-27)23(30)28-10-6-16(7-11-28)22(29)20-12-18(24)2-3-21(20)25/h2-3,12,14,16-17H,4-11,13H2,1H3. The highest BCUT2D eigenvalue weighted by atomic mass is 32.1. The first-order valence-corrected chi connectivity index (χ1v) is 11.7. The number of aryl methyl sites for hydroxylation is 1. The largest absolute Gasteiger partial charge is 0.342 e. The lowest BCUT2D eigenvalue weighted by atomic mass is 9.87. The van der Waals surface area contributed by atoms with Crippen LogP contribution in [0.2, 0.25) is 0 Å². The molecule has 166 valence electrons. The third kappa shape index (κ3) is 5.18. The first-order valence-electron chi connectivity index (χ1n) is 10.8. The van der Waals surface area contributed by atoms with Crippen LogP contribution in [0.25, 0.3) is 0 Å². The highest BCUT2D eigenvalue weighted by Gasteiger charge is 2.33. The fraction of sp³-hybridized carbons (Fsp3) is 0.522. The van der Waals surface area contributed by atoms with Crippen molar-refractivity contribution in [3.63, 3.8) is 0 Å². The number of likely N-dealkylation sites (tertiary alicyclic amines) is 2. The zero-order valence-corrected chi connectivity index (χ0v) is 18.5. The van der Waals surface area contributed by atoms with Gasteiger partial charge in [0.05, 0.1) is 16.3 Å². The van der Waals surface area contributed by atoms with Crippen molar-refractivity contribution in [2.75, 3.05) is 26.2 Å². The van der Waals surface area contributed by atoms with Gasteiger partial charge in [-0.1, -0.05) is 0 Å². The normalized spacial score (nSPS) is 19.0. The molecule has 0 saturated carbocycles. The highest BCUT2D eigenvalue weighted by molar-refractivity contribution is 7.09. The number of carbonyl (C=O) groups excluding carboxylic acids is 2. The second kappa shape index (κ2) is 9.53. The maximum Gasteiger partial charge on any atom is 0.225 e. The summed E-state index contributed by atoms with van der Waals surface area (Å²) in [6, 6.07) is 2.97. The van der Waals surface area contributed by atoms with Gasteiger partial charge in [-0.2, -0.15) is 0 Å². The molecule has 2 fully saturated rings. The first-order chi connectivity index (χ1) is 14.9. The minimum absolute atomic E-state index is 0.0151. The van der Waals surface area contributed by atoms with Crippen LogP contribution in [-0.2, 0) is 11.3 Å². The molecule has 0 N–H and O–H groups in total. The number of thiazole rings is 1. The second-order valence-electron chi connectivity index (χ2n) is 8.50. The monoisotopic (exact) mass is 447 g/mol. The molecule has 1 amide bonds. The fourth-order valence-electron chi connectivity index (χ4n) is 4.57. The number of halogens is 2. The summed E-state index contributed by atoms with van der Waals surface area (Å²) >= 11 is 1.66. The Morgan fingerprint density at radius 3 is 2.39 bits per heavy atom. The molecule has 1 aromatic carbocycles. The van der Waals surface area contributed by atoms with Gasteiger partial charge < -0.3 is 4.90 Å². The molecule has 2 aliphatic rings. The Labute approximate surface area is 185 Å². The zero-order chi connectivity index (χ0) is 22.0. The minimum atomic E-state index is -0.690. The number of hydrogen-bond donors (Lipinski definition) is 0. The van der Waals surface area contributed by atoms with Crippen molar-refractivity contribution >= 4 is 23.0 Å². The van der Waals surface area contributed by atoms with Crippen LogP contribution in [-0.4, -0.2) is 52.7 Å². The van der Waals surface area contributed by atoms with Gasteiger partial charge in [-0.3, -0.25) is 14.5 Å². The number of amides is 1. The quantitative estimate of drug-likeness (QED) is 0.649. The number of aromatic nitrogens is 1. The van der Waals surface area contributed by atoms with Crippen molar-refractivity contribution < 1.29 is 18.4 Å². The lowest BCUT2D eigenvalue weighted by molar-refractivity contribution is -0.138. The van der Waals surface area contributed by atoms with Crippen molar-refractivity contribution in [3.05, 3.63) is 51.5 Å². The van der Waals surface area contributed by atoms with E-state index in [1.807, 2.05) is 11.8 Å². The number of benzene rings is 1. The van der Waals surface area contributed by atoms with Crippen molar-refractivity contribution in [2.24, 2.45) is 11.8 Å². The molecule has 8 heteroatoms. The molecule has 3 heterocycles. The summed E-state index contributed by atoms with van der Waals surface area (Å²) in [6.07, 6.45) is 2.63. The van der Waals surface area contributed by atoms with Crippen LogP contribution in [0.15, 0.2) is 23.6 Å². The number of piperidine rings is 2. The van der Waals surface area contributed by atoms with E-state index in [0.717, 1.165) is 61.4 Å². The predicted molar refractivity (Wildman–Crippen MR) is 115 cm³/mol. The summed E-state index contributed by atoms with van der Waals surface area (Å²) in [7, 11) is 0. The second-order valence-corrected chi connectivity index (χ2v) is 9.56. The van der Waals surface area contributed by atoms with Crippen molar-refractivity contribution in [2.45, 2.75) is 39.2 Å². The average molecular weight is 448 g/mol. The smallest absolute Gasteiger partial charge is 0.225 e. The molecule has 31 heavy (non-hydrogen) atoms. The molecule has 2 aromatic rings. The Kier molecular flexibility index (Phi) is 6.77. The van der Waals surface area contributed by atoms with Gasteiger partial charge in [-0.15, -0.1) is 11.3 Å². The van der Waals surface area contributed by atoms with Gasteiger partial charge in [-0.25, -0.2) is 13.8 Å². The van der Waals surface area contributed by atoms with Crippen molar-refractivity contribution in [3.8, 4) is 0 Å². The molecule has 5 nitrogen and oxygen atoms in total. The van der Waals surface area contributed by atoms with Crippen LogP contribution in [0.5, 0.6) is 0 Å². The number of hydrogen-bond acceptors (Lipinski definition) is 5. The molecule has 1 aromatic heterocycles. The Bertz CT molecular complexity index is 948. The molecule has 0 spiro atoms. The molecule has 0 unspecified atom stereocenters. The van der Waals surface area contributed by atoms with Crippen LogP contribution >= 0.6 is 11.3 Å². The van der Waals surface area contributed by atoms with E-state index < -0.39 is 11.6 Å². The number of carbonyl (C=O) groups is 2. The molecule has 0 bridgehead atoms. The molecular formula is C23H27F2N3O2S. The maximum absolute atomic E-state index is 13.9. The number of ketones is 1. The van der Waals surface area contributed by atoms with Crippen molar-refractivity contribution in [1.82, 2.24) is 14.8 Å². The minimum Gasteiger partial charge on any atom is -0.342 e. The maximum atomic E-state index is 13.9. The predicted octanol–water partition coefficient (Wildman–Crippen LogP) is 4.06. The number of rotatable bonds is 5. The van der Waals surface area contributed by atoms with Gasteiger partial charge in [0.1, 0.15) is 11.6 Å². The SMILES string of the molecule is Cc1nc(CN2CCC(C(=O)N3CCC(C(=O)c4cc(F)ccc4F)CC3)CC2)cs1. The van der Waals surface area contributed by atoms with E-state index in [1.54, 1.807) is 11.3 Å². The van der Waals surface area contributed by atoms with Gasteiger partial charge in [0.2, 0.25) is 5.91 Å². The molecule has 2 saturated heterocycles. The van der Waals surface area contributed by atoms with Gasteiger partial charge in [0, 0.05) is 36.9 Å². The molecule has 4 rings (SSSR count). The lowest BCUT2D eigenvalue weighted by Gasteiger charge is -2.37. The van der Waals surface area contributed by atoms with Gasteiger partial charge in [-0.05, 0) is 63.9 Å². The Morgan fingerprint density at radius 2 is 1.74 bits per heavy atom. The van der Waals surface area contributed by atoms with Crippen LogP contribution in [0, 0.1) is 30.4 Å². The van der Waals surface area contributed by atoms with E-state index in [4.69, 9.17) is 0 Å². The van der Waals surface area contributed by atoms with Gasteiger partial charge >= 0.3 is 0 Å². The summed E-state index contributed by atoms with van der Waals surface area (Å²) in [5, 5.41) is 3.16. The molecule has 0 aliphatic carbocycles. The number of Topliss-reactive ketones (excluding diaryl/α,β-unsaturated/α-hetero) is 1. The average Bonchev–Trinajstić information content (AvgIpc) is 3.19. The summed E-state index contributed by atoms with van der Waals surface area (Å²) in [4.78, 5) is 34.3. The number of nitrogens with zero attached hydrogens (tertiary/aromatic N) is 3. The topological polar surface area (TPSA) is 53.5 Å². The van der Waals surface area contributed by atoms with E-state index in [0.29, 0.717) is 25.9 Å². The molecule has 2 aliphatic heterocycles. The third-order valence-corrected chi connectivity index (χ3v) is 7.18. The molecule has 0 atom stereocenters. The first kappa shape index (κ1) is 22.0. The van der Waals surface area contributed by atoms with Crippen molar-refractivity contribution in [1.29, 1.82) is 0 Å². The highest BCUT2D eigenvalue weighted by Crippen LogP contribution is 2.27. The van der Waals surface area contributed by atoms with E-state index in [1.165, 1.54) is 0 Å². The van der Waals surface area contributed by atoms with Crippen LogP contribution in [0.4, 0.5) is 8.78 Å². The Balaban J connectivity index is 1.26. The van der Waals surface area contributed by atoms with E-state index in [-0.39, 0.29) is 29.1 Å². The lowest BCUT2D eigenvalue weighted by Crippen LogP contribution is -2.46.